The molecule has 0 fully saturated rings. The molecule has 36 heavy (non-hydrogen) atoms. The van der Waals surface area contributed by atoms with Crippen LogP contribution in [-0.2, 0) is 22.7 Å². The lowest BCUT2D eigenvalue weighted by Crippen LogP contribution is -2.32. The van der Waals surface area contributed by atoms with E-state index < -0.39 is 0 Å². The number of fused-ring (bicyclic) bond motifs is 4. The van der Waals surface area contributed by atoms with Crippen molar-refractivity contribution in [2.45, 2.75) is 13.2 Å². The number of methoxy groups -OCH3 is 1. The highest BCUT2D eigenvalue weighted by atomic mass is 16.5. The van der Waals surface area contributed by atoms with E-state index in [1.807, 2.05) is 78.7 Å². The molecule has 5 heteroatoms. The van der Waals surface area contributed by atoms with Crippen LogP contribution >= 0.6 is 0 Å². The zero-order valence-corrected chi connectivity index (χ0v) is 19.7. The number of nitrogens with zero attached hydrogens (tertiary/aromatic N) is 2. The molecule has 0 aliphatic carbocycles. The van der Waals surface area contributed by atoms with Crippen LogP contribution in [-0.4, -0.2) is 18.0 Å². The molecule has 1 aliphatic rings. The second kappa shape index (κ2) is 9.23. The first-order chi connectivity index (χ1) is 17.8. The van der Waals surface area contributed by atoms with E-state index in [-0.39, 0.29) is 5.35 Å². The summed E-state index contributed by atoms with van der Waals surface area (Å²) in [7, 11) is 1.66. The molecule has 6 rings (SSSR count). The molecule has 0 atom stereocenters. The summed E-state index contributed by atoms with van der Waals surface area (Å²) in [5.74, 6) is 2.75. The number of benzene rings is 4. The first kappa shape index (κ1) is 21.9. The van der Waals surface area contributed by atoms with Crippen LogP contribution in [0.4, 0.5) is 5.69 Å². The van der Waals surface area contributed by atoms with Gasteiger partial charge in [0, 0.05) is 29.4 Å². The highest BCUT2D eigenvalue weighted by Crippen LogP contribution is 2.40. The van der Waals surface area contributed by atoms with Crippen LogP contribution in [0, 0.1) is 0 Å². The third kappa shape index (κ3) is 3.77. The summed E-state index contributed by atoms with van der Waals surface area (Å²) in [5, 5.41) is 2.86. The molecule has 0 radical (unpaired) electrons. The van der Waals surface area contributed by atoms with Crippen molar-refractivity contribution in [3.05, 3.63) is 113 Å². The minimum atomic E-state index is 0.191. The number of aromatic nitrogens is 1. The van der Waals surface area contributed by atoms with E-state index in [1.54, 1.807) is 7.11 Å². The Morgan fingerprint density at radius 2 is 1.64 bits per heavy atom. The number of hydrogen-bond acceptors (Lipinski definition) is 5. The number of hydrogen-bond donors (Lipinski definition) is 0. The lowest BCUT2D eigenvalue weighted by atomic mass is 9.93. The molecular weight excluding hydrogens is 448 g/mol. The van der Waals surface area contributed by atoms with Crippen molar-refractivity contribution < 1.29 is 14.3 Å². The summed E-state index contributed by atoms with van der Waals surface area (Å²) in [6, 6.07) is 30.1. The predicted molar refractivity (Wildman–Crippen MR) is 139 cm³/mol. The van der Waals surface area contributed by atoms with Crippen molar-refractivity contribution in [2.75, 3.05) is 7.11 Å². The molecule has 1 aliphatic heterocycles. The summed E-state index contributed by atoms with van der Waals surface area (Å²) in [5.41, 5.74) is 6.10. The maximum absolute atomic E-state index is 12.1. The molecule has 4 aromatic carbocycles. The van der Waals surface area contributed by atoms with Crippen molar-refractivity contribution in [3.63, 3.8) is 0 Å². The van der Waals surface area contributed by atoms with Gasteiger partial charge in [0.25, 0.3) is 0 Å². The van der Waals surface area contributed by atoms with Gasteiger partial charge < -0.3 is 9.47 Å². The number of pyridine rings is 1. The van der Waals surface area contributed by atoms with E-state index in [4.69, 9.17) is 19.5 Å². The van der Waals surface area contributed by atoms with Gasteiger partial charge in [-0.15, -0.1) is 0 Å². The van der Waals surface area contributed by atoms with E-state index in [0.717, 1.165) is 50.0 Å². The van der Waals surface area contributed by atoms with Gasteiger partial charge in [-0.05, 0) is 34.5 Å². The van der Waals surface area contributed by atoms with E-state index >= 15 is 0 Å². The van der Waals surface area contributed by atoms with Crippen LogP contribution in [0.5, 0.6) is 5.75 Å². The van der Waals surface area contributed by atoms with Gasteiger partial charge in [-0.25, -0.2) is 14.8 Å². The Labute approximate surface area is 208 Å². The van der Waals surface area contributed by atoms with Gasteiger partial charge in [-0.1, -0.05) is 72.8 Å². The lowest BCUT2D eigenvalue weighted by molar-refractivity contribution is 0.185. The van der Waals surface area contributed by atoms with E-state index in [0.29, 0.717) is 24.3 Å². The smallest absolute Gasteiger partial charge is 0.173 e. The fourth-order valence-electron chi connectivity index (χ4n) is 4.79. The van der Waals surface area contributed by atoms with Crippen LogP contribution in [0.25, 0.3) is 33.2 Å². The van der Waals surface area contributed by atoms with Crippen molar-refractivity contribution >= 4 is 22.4 Å². The molecule has 0 spiro atoms. The highest BCUT2D eigenvalue weighted by molar-refractivity contribution is 5.98. The minimum Gasteiger partial charge on any atom is -0.489 e. The topological polar surface area (TPSA) is 60.8 Å². The molecule has 5 aromatic rings. The second-order valence-electron chi connectivity index (χ2n) is 8.64. The molecule has 0 N–H and O–H groups in total. The van der Waals surface area contributed by atoms with Crippen LogP contribution in [0.2, 0.25) is 0 Å². The van der Waals surface area contributed by atoms with Crippen molar-refractivity contribution in [1.29, 1.82) is 0 Å². The lowest BCUT2D eigenvalue weighted by Gasteiger charge is -2.15. The van der Waals surface area contributed by atoms with E-state index in [9.17, 15) is 4.79 Å². The van der Waals surface area contributed by atoms with E-state index in [2.05, 4.69) is 18.2 Å². The van der Waals surface area contributed by atoms with Gasteiger partial charge in [0.05, 0.1) is 18.0 Å². The largest absolute Gasteiger partial charge is 0.489 e. The monoisotopic (exact) mass is 470 g/mol. The van der Waals surface area contributed by atoms with Gasteiger partial charge >= 0.3 is 0 Å². The summed E-state index contributed by atoms with van der Waals surface area (Å²) < 4.78 is 11.7. The van der Waals surface area contributed by atoms with Gasteiger partial charge in [0.2, 0.25) is 0 Å². The van der Waals surface area contributed by atoms with Crippen molar-refractivity contribution in [3.8, 4) is 28.1 Å². The third-order valence-corrected chi connectivity index (χ3v) is 6.42. The Bertz CT molecular complexity index is 1750. The molecule has 1 aromatic heterocycles. The average Bonchev–Trinajstić information content (AvgIpc) is 3.31. The zero-order chi connectivity index (χ0) is 24.5. The maximum Gasteiger partial charge on any atom is 0.173 e. The molecule has 2 heterocycles. The van der Waals surface area contributed by atoms with Crippen molar-refractivity contribution in [2.24, 2.45) is 4.99 Å². The first-order valence-electron chi connectivity index (χ1n) is 11.7. The highest BCUT2D eigenvalue weighted by Gasteiger charge is 2.25. The van der Waals surface area contributed by atoms with Crippen LogP contribution in [0.15, 0.2) is 96.0 Å². The summed E-state index contributed by atoms with van der Waals surface area (Å²) in [6.45, 7) is 0.774. The molecular formula is C31H22N2O3. The van der Waals surface area contributed by atoms with Crippen molar-refractivity contribution in [1.82, 2.24) is 4.98 Å². The summed E-state index contributed by atoms with van der Waals surface area (Å²) in [6.07, 6.45) is 0. The standard InChI is InChI=1S/C31H22N2O3/c1-35-19-26-29-25-16-22(36-18-20-8-3-2-4-9-20)14-15-27(25)32-31(29)28(17-34)33-30(26)24-13-7-11-21-10-5-6-12-23(21)24/h2-16H,18-19H2,1H3. The summed E-state index contributed by atoms with van der Waals surface area (Å²) >= 11 is 0. The first-order valence-corrected chi connectivity index (χ1v) is 11.7. The number of carbonyl (C=O) groups excluding carboxylic acids is 1. The summed E-state index contributed by atoms with van der Waals surface area (Å²) in [4.78, 5) is 21.6. The second-order valence-corrected chi connectivity index (χ2v) is 8.64. The Hall–Kier alpha value is -4.57. The quantitative estimate of drug-likeness (QED) is 0.341. The molecule has 0 saturated carbocycles. The van der Waals surface area contributed by atoms with E-state index in [1.165, 1.54) is 0 Å². The van der Waals surface area contributed by atoms with Gasteiger partial charge in [0.15, 0.2) is 11.3 Å². The molecule has 0 amide bonds. The van der Waals surface area contributed by atoms with Gasteiger partial charge in [0.1, 0.15) is 17.7 Å². The normalized spacial score (nSPS) is 11.5. The minimum absolute atomic E-state index is 0.191. The fraction of sp³-hybridized carbons (Fsp3) is 0.0968. The maximum atomic E-state index is 12.1. The molecule has 0 unspecified atom stereocenters. The molecule has 174 valence electrons. The number of rotatable bonds is 6. The zero-order valence-electron chi connectivity index (χ0n) is 19.7. The Morgan fingerprint density at radius 3 is 2.47 bits per heavy atom. The number of ether oxygens (including phenoxy) is 2. The van der Waals surface area contributed by atoms with Gasteiger partial charge in [-0.2, -0.15) is 0 Å². The average molecular weight is 471 g/mol. The van der Waals surface area contributed by atoms with Gasteiger partial charge in [-0.3, -0.25) is 0 Å². The van der Waals surface area contributed by atoms with Crippen LogP contribution in [0.3, 0.4) is 0 Å². The molecule has 0 bridgehead atoms. The Kier molecular flexibility index (Phi) is 5.62. The fourth-order valence-corrected chi connectivity index (χ4v) is 4.79. The molecule has 0 saturated heterocycles. The Morgan fingerprint density at radius 1 is 0.833 bits per heavy atom. The third-order valence-electron chi connectivity index (χ3n) is 6.42. The SMILES string of the molecule is COCc1c(-c2cccc3ccccc23)nc(=C=O)c2c1-c1cc(OCc3ccccc3)ccc1N=2. The predicted octanol–water partition coefficient (Wildman–Crippen LogP) is 5.06. The van der Waals surface area contributed by atoms with Crippen LogP contribution < -0.4 is 15.4 Å². The Balaban J connectivity index is 1.54. The van der Waals surface area contributed by atoms with Crippen LogP contribution in [0.1, 0.15) is 11.1 Å². The molecule has 5 nitrogen and oxygen atoms in total.